The number of methoxy groups -OCH3 is 1. The fourth-order valence-corrected chi connectivity index (χ4v) is 3.97. The molecule has 0 aromatic heterocycles. The van der Waals surface area contributed by atoms with Crippen molar-refractivity contribution >= 4 is 12.0 Å². The number of hydrogen-bond acceptors (Lipinski definition) is 5. The third-order valence-corrected chi connectivity index (χ3v) is 5.97. The van der Waals surface area contributed by atoms with Gasteiger partial charge in [0.05, 0.1) is 13.2 Å². The van der Waals surface area contributed by atoms with Crippen LogP contribution in [0.25, 0.3) is 0 Å². The summed E-state index contributed by atoms with van der Waals surface area (Å²) in [6, 6.07) is 16.0. The lowest BCUT2D eigenvalue weighted by atomic mass is 10.0. The van der Waals surface area contributed by atoms with Crippen molar-refractivity contribution in [2.75, 3.05) is 33.4 Å². The number of alkyl halides is 2. The van der Waals surface area contributed by atoms with Gasteiger partial charge in [0.2, 0.25) is 0 Å². The second kappa shape index (κ2) is 13.1. The van der Waals surface area contributed by atoms with Crippen molar-refractivity contribution in [1.82, 2.24) is 9.80 Å². The number of unbranched alkanes of at least 4 members (excludes halogenated alkanes) is 1. The van der Waals surface area contributed by atoms with Crippen LogP contribution < -0.4 is 0 Å². The van der Waals surface area contributed by atoms with Crippen LogP contribution in [-0.4, -0.2) is 72.5 Å². The number of halogens is 2. The minimum atomic E-state index is -3.47. The second-order valence-corrected chi connectivity index (χ2v) is 8.56. The number of carbonyl (C=O) groups is 2. The molecule has 1 unspecified atom stereocenters. The summed E-state index contributed by atoms with van der Waals surface area (Å²) in [6.45, 7) is 1.28. The molecule has 0 spiro atoms. The third-order valence-electron chi connectivity index (χ3n) is 5.97. The number of benzene rings is 2. The van der Waals surface area contributed by atoms with Crippen molar-refractivity contribution in [2.45, 2.75) is 37.5 Å². The van der Waals surface area contributed by atoms with E-state index in [0.717, 1.165) is 11.6 Å². The SMILES string of the molecule is COC(=O)COCCCCN1C(=O)N(Cc2ccccc2)C[C@@H]1/C=C/C(O)C(F)(F)c1ccccc1. The summed E-state index contributed by atoms with van der Waals surface area (Å²) in [7, 11) is 1.28. The average Bonchev–Trinajstić information content (AvgIpc) is 3.19. The number of aliphatic hydroxyl groups excluding tert-OH is 1. The molecule has 1 heterocycles. The summed E-state index contributed by atoms with van der Waals surface area (Å²) in [5.74, 6) is -3.93. The number of rotatable bonds is 13. The molecule has 3 rings (SSSR count). The van der Waals surface area contributed by atoms with Gasteiger partial charge in [-0.15, -0.1) is 0 Å². The van der Waals surface area contributed by atoms with Crippen LogP contribution in [0.5, 0.6) is 0 Å². The van der Waals surface area contributed by atoms with E-state index in [1.807, 2.05) is 30.3 Å². The van der Waals surface area contributed by atoms with Crippen LogP contribution in [0.3, 0.4) is 0 Å². The number of nitrogens with zero attached hydrogens (tertiary/aromatic N) is 2. The molecule has 1 fully saturated rings. The summed E-state index contributed by atoms with van der Waals surface area (Å²) in [5, 5.41) is 10.3. The van der Waals surface area contributed by atoms with Gasteiger partial charge >= 0.3 is 17.9 Å². The summed E-state index contributed by atoms with van der Waals surface area (Å²) >= 11 is 0. The smallest absolute Gasteiger partial charge is 0.331 e. The van der Waals surface area contributed by atoms with E-state index in [9.17, 15) is 23.5 Å². The van der Waals surface area contributed by atoms with Crippen molar-refractivity contribution in [3.8, 4) is 0 Å². The number of carbonyl (C=O) groups excluding carboxylic acids is 2. The third kappa shape index (κ3) is 7.35. The molecule has 36 heavy (non-hydrogen) atoms. The Kier molecular flexibility index (Phi) is 9.95. The van der Waals surface area contributed by atoms with E-state index >= 15 is 0 Å². The summed E-state index contributed by atoms with van der Waals surface area (Å²) in [6.07, 6.45) is 1.72. The van der Waals surface area contributed by atoms with Gasteiger partial charge in [0.1, 0.15) is 12.7 Å². The highest BCUT2D eigenvalue weighted by Gasteiger charge is 2.40. The Morgan fingerprint density at radius 1 is 1.14 bits per heavy atom. The van der Waals surface area contributed by atoms with Crippen LogP contribution in [-0.2, 0) is 26.7 Å². The van der Waals surface area contributed by atoms with Gasteiger partial charge in [0.25, 0.3) is 0 Å². The summed E-state index contributed by atoms with van der Waals surface area (Å²) in [5.41, 5.74) is 0.682. The maximum atomic E-state index is 14.7. The Bertz CT molecular complexity index is 1000. The van der Waals surface area contributed by atoms with Gasteiger partial charge in [-0.05, 0) is 18.4 Å². The van der Waals surface area contributed by atoms with E-state index in [1.165, 1.54) is 37.5 Å². The molecular formula is C27H32F2N2O5. The van der Waals surface area contributed by atoms with Gasteiger partial charge in [-0.2, -0.15) is 8.78 Å². The predicted molar refractivity (Wildman–Crippen MR) is 130 cm³/mol. The zero-order chi connectivity index (χ0) is 26.0. The molecule has 1 aliphatic heterocycles. The van der Waals surface area contributed by atoms with Crippen LogP contribution in [0.2, 0.25) is 0 Å². The zero-order valence-electron chi connectivity index (χ0n) is 20.3. The van der Waals surface area contributed by atoms with Gasteiger partial charge in [0.15, 0.2) is 0 Å². The first kappa shape index (κ1) is 27.3. The minimum Gasteiger partial charge on any atom is -0.467 e. The van der Waals surface area contributed by atoms with Crippen LogP contribution in [0, 0.1) is 0 Å². The van der Waals surface area contributed by atoms with Crippen molar-refractivity contribution in [1.29, 1.82) is 0 Å². The maximum Gasteiger partial charge on any atom is 0.331 e. The first-order chi connectivity index (χ1) is 17.3. The van der Waals surface area contributed by atoms with Gasteiger partial charge < -0.3 is 24.4 Å². The fourth-order valence-electron chi connectivity index (χ4n) is 3.97. The van der Waals surface area contributed by atoms with E-state index in [1.54, 1.807) is 15.9 Å². The maximum absolute atomic E-state index is 14.7. The summed E-state index contributed by atoms with van der Waals surface area (Å²) < 4.78 is 39.2. The Hall–Kier alpha value is -3.30. The molecule has 1 aliphatic rings. The normalized spacial score (nSPS) is 17.1. The number of amides is 2. The molecule has 2 aromatic rings. The predicted octanol–water partition coefficient (Wildman–Crippen LogP) is 3.97. The lowest BCUT2D eigenvalue weighted by Crippen LogP contribution is -2.35. The van der Waals surface area contributed by atoms with E-state index < -0.39 is 24.0 Å². The molecule has 1 N–H and O–H groups in total. The molecular weight excluding hydrogens is 470 g/mol. The van der Waals surface area contributed by atoms with Crippen LogP contribution >= 0.6 is 0 Å². The van der Waals surface area contributed by atoms with Crippen molar-refractivity contribution < 1.29 is 33.0 Å². The largest absolute Gasteiger partial charge is 0.467 e. The molecule has 9 heteroatoms. The fraction of sp³-hybridized carbons (Fsp3) is 0.407. The minimum absolute atomic E-state index is 0.136. The quantitative estimate of drug-likeness (QED) is 0.255. The van der Waals surface area contributed by atoms with Crippen LogP contribution in [0.15, 0.2) is 72.8 Å². The lowest BCUT2D eigenvalue weighted by Gasteiger charge is -2.23. The number of aliphatic hydroxyl groups is 1. The topological polar surface area (TPSA) is 79.3 Å². The average molecular weight is 503 g/mol. The van der Waals surface area contributed by atoms with Crippen LogP contribution in [0.1, 0.15) is 24.0 Å². The Morgan fingerprint density at radius 3 is 2.47 bits per heavy atom. The molecule has 194 valence electrons. The van der Waals surface area contributed by atoms with Gasteiger partial charge in [-0.1, -0.05) is 72.8 Å². The van der Waals surface area contributed by atoms with E-state index in [4.69, 9.17) is 4.74 Å². The van der Waals surface area contributed by atoms with Crippen molar-refractivity contribution in [3.63, 3.8) is 0 Å². The van der Waals surface area contributed by atoms with Crippen molar-refractivity contribution in [2.24, 2.45) is 0 Å². The first-order valence-electron chi connectivity index (χ1n) is 11.9. The second-order valence-electron chi connectivity index (χ2n) is 8.56. The number of hydrogen-bond donors (Lipinski definition) is 1. The highest BCUT2D eigenvalue weighted by Crippen LogP contribution is 2.32. The van der Waals surface area contributed by atoms with Gasteiger partial charge in [0, 0.05) is 31.8 Å². The Labute approximate surface area is 209 Å². The zero-order valence-corrected chi connectivity index (χ0v) is 20.3. The molecule has 0 radical (unpaired) electrons. The molecule has 0 aliphatic carbocycles. The molecule has 7 nitrogen and oxygen atoms in total. The molecule has 1 saturated heterocycles. The Balaban J connectivity index is 1.65. The number of ether oxygens (including phenoxy) is 2. The molecule has 2 atom stereocenters. The highest BCUT2D eigenvalue weighted by molar-refractivity contribution is 5.77. The van der Waals surface area contributed by atoms with Gasteiger partial charge in [-0.3, -0.25) is 0 Å². The Morgan fingerprint density at radius 2 is 1.81 bits per heavy atom. The highest BCUT2D eigenvalue weighted by atomic mass is 19.3. The molecule has 0 saturated carbocycles. The van der Waals surface area contributed by atoms with Crippen molar-refractivity contribution in [3.05, 3.63) is 83.9 Å². The molecule has 0 bridgehead atoms. The van der Waals surface area contributed by atoms with E-state index in [0.29, 0.717) is 39.1 Å². The summed E-state index contributed by atoms with van der Waals surface area (Å²) in [4.78, 5) is 27.6. The monoisotopic (exact) mass is 502 g/mol. The lowest BCUT2D eigenvalue weighted by molar-refractivity contribution is -0.145. The first-order valence-corrected chi connectivity index (χ1v) is 11.9. The molecule has 2 amide bonds. The molecule has 2 aromatic carbocycles. The number of esters is 1. The van der Waals surface area contributed by atoms with E-state index in [2.05, 4.69) is 4.74 Å². The van der Waals surface area contributed by atoms with E-state index in [-0.39, 0.29) is 18.2 Å². The van der Waals surface area contributed by atoms with Crippen LogP contribution in [0.4, 0.5) is 13.6 Å². The standard InChI is InChI=1S/C27H32F2N2O5/c1-35-25(33)20-36-17-9-8-16-31-23(19-30(26(31)34)18-21-10-4-2-5-11-21)14-15-24(32)27(28,29)22-12-6-3-7-13-22/h2-7,10-15,23-24,32H,8-9,16-20H2,1H3/b15-14+/t23-,24?/m0/s1. The van der Waals surface area contributed by atoms with Gasteiger partial charge in [-0.25, -0.2) is 9.59 Å². The number of urea groups is 1.